The van der Waals surface area contributed by atoms with Crippen LogP contribution in [0.1, 0.15) is 0 Å². The zero-order chi connectivity index (χ0) is 8.32. The molecule has 0 unspecified atom stereocenters. The molecule has 0 aliphatic carbocycles. The third kappa shape index (κ3) is 1.78. The number of H-pyrrole nitrogens is 1. The summed E-state index contributed by atoms with van der Waals surface area (Å²) in [6.45, 7) is 0. The first-order chi connectivity index (χ1) is 5.17. The summed E-state index contributed by atoms with van der Waals surface area (Å²) in [7, 11) is -1.62. The molecule has 5 nitrogen and oxygen atoms in total. The Kier molecular flexibility index (Phi) is 2.25. The van der Waals surface area contributed by atoms with Gasteiger partial charge < -0.3 is 10.3 Å². The Labute approximate surface area is 64.8 Å². The van der Waals surface area contributed by atoms with E-state index >= 15 is 0 Å². The molecule has 0 atom stereocenters. The summed E-state index contributed by atoms with van der Waals surface area (Å²) in [4.78, 5) is 6.13. The van der Waals surface area contributed by atoms with Gasteiger partial charge in [-0.1, -0.05) is 0 Å². The Morgan fingerprint density at radius 1 is 1.73 bits per heavy atom. The second-order valence-electron chi connectivity index (χ2n) is 2.03. The first kappa shape index (κ1) is 8.22. The third-order valence-corrected chi connectivity index (χ3v) is 2.70. The minimum absolute atomic E-state index is 0.0742. The van der Waals surface area contributed by atoms with Crippen LogP contribution in [0.2, 0.25) is 0 Å². The summed E-state index contributed by atoms with van der Waals surface area (Å²) >= 11 is 0. The quantitative estimate of drug-likeness (QED) is 0.640. The van der Waals surface area contributed by atoms with E-state index in [2.05, 4.69) is 15.3 Å². The van der Waals surface area contributed by atoms with Gasteiger partial charge >= 0.3 is 0 Å². The molecular weight excluding hydrogens is 166 g/mol. The van der Waals surface area contributed by atoms with Crippen molar-refractivity contribution < 1.29 is 8.42 Å². The van der Waals surface area contributed by atoms with Gasteiger partial charge in [0.1, 0.15) is 5.88 Å². The van der Waals surface area contributed by atoms with E-state index < -0.39 is 9.84 Å². The van der Waals surface area contributed by atoms with Gasteiger partial charge in [0.2, 0.25) is 9.84 Å². The van der Waals surface area contributed by atoms with Crippen molar-refractivity contribution in [1.82, 2.24) is 15.3 Å². The largest absolute Gasteiger partial charge is 0.336 e. The van der Waals surface area contributed by atoms with Gasteiger partial charge in [-0.3, -0.25) is 0 Å². The lowest BCUT2D eigenvalue weighted by Gasteiger charge is -1.97. The van der Waals surface area contributed by atoms with Crippen molar-refractivity contribution >= 4 is 9.84 Å². The molecule has 0 aliphatic rings. The Morgan fingerprint density at radius 3 is 2.91 bits per heavy atom. The van der Waals surface area contributed by atoms with Crippen LogP contribution >= 0.6 is 0 Å². The van der Waals surface area contributed by atoms with E-state index in [1.54, 1.807) is 7.05 Å². The number of sulfone groups is 1. The van der Waals surface area contributed by atoms with Crippen LogP contribution in [0.15, 0.2) is 17.6 Å². The molecule has 0 saturated heterocycles. The van der Waals surface area contributed by atoms with Crippen molar-refractivity contribution in [2.75, 3.05) is 12.9 Å². The van der Waals surface area contributed by atoms with Gasteiger partial charge in [0.05, 0.1) is 12.5 Å². The molecule has 2 N–H and O–H groups in total. The predicted molar refractivity (Wildman–Crippen MR) is 39.7 cm³/mol. The fourth-order valence-corrected chi connectivity index (χ4v) is 1.67. The summed E-state index contributed by atoms with van der Waals surface area (Å²) in [5, 5.41) is 2.71. The Morgan fingerprint density at radius 2 is 2.45 bits per heavy atom. The van der Waals surface area contributed by atoms with Crippen LogP contribution in [-0.4, -0.2) is 31.3 Å². The van der Waals surface area contributed by atoms with Crippen LogP contribution in [0.5, 0.6) is 0 Å². The highest BCUT2D eigenvalue weighted by molar-refractivity contribution is 7.91. The minimum atomic E-state index is -3.20. The van der Waals surface area contributed by atoms with E-state index in [4.69, 9.17) is 0 Å². The lowest BCUT2D eigenvalue weighted by molar-refractivity contribution is 0.588. The van der Waals surface area contributed by atoms with Gasteiger partial charge in [-0.2, -0.15) is 0 Å². The average Bonchev–Trinajstić information content (AvgIpc) is 2.37. The number of aromatic nitrogens is 2. The molecule has 0 aliphatic heterocycles. The fourth-order valence-electron chi connectivity index (χ4n) is 0.681. The zero-order valence-electron chi connectivity index (χ0n) is 6.03. The maximum Gasteiger partial charge on any atom is 0.208 e. The molecule has 1 aromatic rings. The Balaban J connectivity index is 2.92. The van der Waals surface area contributed by atoms with Crippen LogP contribution in [0.3, 0.4) is 0 Å². The number of hydrogen-bond acceptors (Lipinski definition) is 4. The molecule has 0 bridgehead atoms. The van der Waals surface area contributed by atoms with Gasteiger partial charge in [0, 0.05) is 0 Å². The van der Waals surface area contributed by atoms with Gasteiger partial charge in [-0.05, 0) is 7.05 Å². The van der Waals surface area contributed by atoms with Gasteiger partial charge in [0.25, 0.3) is 0 Å². The maximum atomic E-state index is 11.2. The maximum absolute atomic E-state index is 11.2. The highest BCUT2D eigenvalue weighted by Gasteiger charge is 2.13. The van der Waals surface area contributed by atoms with Crippen LogP contribution in [0, 0.1) is 0 Å². The smallest absolute Gasteiger partial charge is 0.208 e. The minimum Gasteiger partial charge on any atom is -0.336 e. The predicted octanol–water partition coefficient (Wildman–Crippen LogP) is -0.640. The molecule has 0 saturated carbocycles. The fraction of sp³-hybridized carbons (Fsp3) is 0.400. The molecule has 0 spiro atoms. The summed E-state index contributed by atoms with van der Waals surface area (Å²) in [5.41, 5.74) is 0. The van der Waals surface area contributed by atoms with Crippen LogP contribution in [-0.2, 0) is 9.84 Å². The molecule has 11 heavy (non-hydrogen) atoms. The van der Waals surface area contributed by atoms with E-state index in [1.165, 1.54) is 12.5 Å². The molecule has 1 aromatic heterocycles. The average molecular weight is 175 g/mol. The highest BCUT2D eigenvalue weighted by atomic mass is 32.2. The topological polar surface area (TPSA) is 74.8 Å². The lowest BCUT2D eigenvalue weighted by Crippen LogP contribution is -2.19. The second-order valence-corrected chi connectivity index (χ2v) is 3.99. The SMILES string of the molecule is CNCS(=O)(=O)c1cnc[nH]1. The summed E-state index contributed by atoms with van der Waals surface area (Å²) < 4.78 is 22.3. The van der Waals surface area contributed by atoms with Crippen molar-refractivity contribution in [1.29, 1.82) is 0 Å². The van der Waals surface area contributed by atoms with Crippen molar-refractivity contribution in [2.45, 2.75) is 5.03 Å². The molecule has 1 heterocycles. The number of nitrogens with one attached hydrogen (secondary N) is 2. The third-order valence-electron chi connectivity index (χ3n) is 1.14. The molecule has 0 fully saturated rings. The van der Waals surface area contributed by atoms with Crippen molar-refractivity contribution in [2.24, 2.45) is 0 Å². The first-order valence-corrected chi connectivity index (χ1v) is 4.68. The number of hydrogen-bond donors (Lipinski definition) is 2. The standard InChI is InChI=1S/C5H9N3O2S/c1-6-4-11(9,10)5-2-7-3-8-5/h2-3,6H,4H2,1H3,(H,7,8). The summed E-state index contributed by atoms with van der Waals surface area (Å²) in [6, 6.07) is 0. The van der Waals surface area contributed by atoms with E-state index in [9.17, 15) is 8.42 Å². The van der Waals surface area contributed by atoms with Crippen LogP contribution in [0.4, 0.5) is 0 Å². The van der Waals surface area contributed by atoms with E-state index in [-0.39, 0.29) is 10.9 Å². The van der Waals surface area contributed by atoms with Gasteiger partial charge in [-0.25, -0.2) is 13.4 Å². The Bertz CT molecular complexity index is 302. The molecular formula is C5H9N3O2S. The van der Waals surface area contributed by atoms with Crippen molar-refractivity contribution in [3.05, 3.63) is 12.5 Å². The van der Waals surface area contributed by atoms with E-state index in [0.29, 0.717) is 0 Å². The molecule has 0 radical (unpaired) electrons. The first-order valence-electron chi connectivity index (χ1n) is 3.02. The van der Waals surface area contributed by atoms with E-state index in [0.717, 1.165) is 0 Å². The number of rotatable bonds is 3. The molecule has 0 aromatic carbocycles. The normalized spacial score (nSPS) is 11.7. The number of nitrogens with zero attached hydrogens (tertiary/aromatic N) is 1. The molecule has 0 amide bonds. The number of aromatic amines is 1. The number of imidazole rings is 1. The summed E-state index contributed by atoms with van der Waals surface area (Å²) in [5.74, 6) is -0.0742. The van der Waals surface area contributed by atoms with E-state index in [1.807, 2.05) is 0 Å². The van der Waals surface area contributed by atoms with Crippen LogP contribution < -0.4 is 5.32 Å². The zero-order valence-corrected chi connectivity index (χ0v) is 6.85. The lowest BCUT2D eigenvalue weighted by atomic mass is 11.0. The van der Waals surface area contributed by atoms with Crippen LogP contribution in [0.25, 0.3) is 0 Å². The molecule has 6 heteroatoms. The second kappa shape index (κ2) is 3.02. The van der Waals surface area contributed by atoms with Crippen molar-refractivity contribution in [3.63, 3.8) is 0 Å². The Hall–Kier alpha value is -0.880. The van der Waals surface area contributed by atoms with Crippen molar-refractivity contribution in [3.8, 4) is 0 Å². The molecule has 62 valence electrons. The van der Waals surface area contributed by atoms with Gasteiger partial charge in [0.15, 0.2) is 5.03 Å². The molecule has 1 rings (SSSR count). The van der Waals surface area contributed by atoms with Gasteiger partial charge in [-0.15, -0.1) is 0 Å². The summed E-state index contributed by atoms with van der Waals surface area (Å²) in [6.07, 6.45) is 2.62. The monoisotopic (exact) mass is 175 g/mol. The highest BCUT2D eigenvalue weighted by Crippen LogP contribution is 2.02.